The summed E-state index contributed by atoms with van der Waals surface area (Å²) in [4.78, 5) is 23.1. The van der Waals surface area contributed by atoms with E-state index in [1.165, 1.54) is 0 Å². The minimum Gasteiger partial charge on any atom is -0.464 e. The molecule has 6 nitrogen and oxygen atoms in total. The monoisotopic (exact) mass is 270 g/mol. The summed E-state index contributed by atoms with van der Waals surface area (Å²) < 4.78 is 10.6. The lowest BCUT2D eigenvalue weighted by Gasteiger charge is -2.18. The van der Waals surface area contributed by atoms with Crippen LogP contribution in [0.15, 0.2) is 33.4 Å². The van der Waals surface area contributed by atoms with E-state index in [9.17, 15) is 9.59 Å². The first-order valence-corrected chi connectivity index (χ1v) is 6.32. The van der Waals surface area contributed by atoms with Crippen molar-refractivity contribution in [2.45, 2.75) is 18.8 Å². The highest BCUT2D eigenvalue weighted by atomic mass is 16.5. The first-order valence-electron chi connectivity index (χ1n) is 6.32. The summed E-state index contributed by atoms with van der Waals surface area (Å²) in [5, 5.41) is 8.06. The van der Waals surface area contributed by atoms with Crippen molar-refractivity contribution in [1.82, 2.24) is 10.5 Å². The van der Waals surface area contributed by atoms with Crippen LogP contribution in [-0.4, -0.2) is 17.0 Å². The van der Waals surface area contributed by atoms with E-state index in [0.29, 0.717) is 29.7 Å². The molecule has 100 valence electrons. The minimum absolute atomic E-state index is 0.240. The predicted molar refractivity (Wildman–Crippen MR) is 68.9 cm³/mol. The summed E-state index contributed by atoms with van der Waals surface area (Å²) in [6, 6.07) is 5.49. The molecule has 3 aromatic rings. The number of aromatic nitrogens is 1. The van der Waals surface area contributed by atoms with Gasteiger partial charge < -0.3 is 8.94 Å². The van der Waals surface area contributed by atoms with Crippen molar-refractivity contribution >= 4 is 33.8 Å². The van der Waals surface area contributed by atoms with Crippen LogP contribution in [0.1, 0.15) is 24.5 Å². The third-order valence-electron chi connectivity index (χ3n) is 3.64. The SMILES string of the molecule is O=C1CC[C@@H](c2noc3cc4occc4cc23)C(=O)N1. The van der Waals surface area contributed by atoms with E-state index >= 15 is 0 Å². The van der Waals surface area contributed by atoms with Crippen molar-refractivity contribution in [3.63, 3.8) is 0 Å². The molecular weight excluding hydrogens is 260 g/mol. The van der Waals surface area contributed by atoms with Gasteiger partial charge in [0.2, 0.25) is 11.8 Å². The van der Waals surface area contributed by atoms with Crippen molar-refractivity contribution in [2.24, 2.45) is 0 Å². The zero-order valence-corrected chi connectivity index (χ0v) is 10.4. The molecule has 4 rings (SSSR count). The van der Waals surface area contributed by atoms with Gasteiger partial charge in [0.25, 0.3) is 0 Å². The molecule has 1 aromatic carbocycles. The Kier molecular flexibility index (Phi) is 2.20. The number of nitrogens with zero attached hydrogens (tertiary/aromatic N) is 1. The lowest BCUT2D eigenvalue weighted by molar-refractivity contribution is -0.134. The van der Waals surface area contributed by atoms with Crippen LogP contribution in [0.4, 0.5) is 0 Å². The fourth-order valence-corrected chi connectivity index (χ4v) is 2.62. The number of carbonyl (C=O) groups is 2. The van der Waals surface area contributed by atoms with Gasteiger partial charge in [-0.05, 0) is 18.6 Å². The van der Waals surface area contributed by atoms with E-state index in [2.05, 4.69) is 10.5 Å². The molecule has 0 saturated carbocycles. The maximum atomic E-state index is 11.9. The summed E-state index contributed by atoms with van der Waals surface area (Å²) in [6.07, 6.45) is 2.37. The number of imide groups is 1. The Labute approximate surface area is 112 Å². The topological polar surface area (TPSA) is 85.3 Å². The zero-order chi connectivity index (χ0) is 13.7. The molecule has 2 amide bonds. The van der Waals surface area contributed by atoms with Gasteiger partial charge in [0.15, 0.2) is 5.58 Å². The molecular formula is C14H10N2O4. The van der Waals surface area contributed by atoms with Crippen molar-refractivity contribution in [3.8, 4) is 0 Å². The summed E-state index contributed by atoms with van der Waals surface area (Å²) in [5.74, 6) is -1.00. The molecule has 0 bridgehead atoms. The number of carbonyl (C=O) groups excluding carboxylic acids is 2. The average Bonchev–Trinajstić information content (AvgIpc) is 3.02. The molecule has 20 heavy (non-hydrogen) atoms. The van der Waals surface area contributed by atoms with Gasteiger partial charge in [-0.25, -0.2) is 0 Å². The van der Waals surface area contributed by atoms with Crippen LogP contribution in [0.5, 0.6) is 0 Å². The molecule has 0 radical (unpaired) electrons. The van der Waals surface area contributed by atoms with Crippen LogP contribution in [-0.2, 0) is 9.59 Å². The third kappa shape index (κ3) is 1.54. The fraction of sp³-hybridized carbons (Fsp3) is 0.214. The molecule has 1 aliphatic rings. The Morgan fingerprint density at radius 2 is 2.15 bits per heavy atom. The van der Waals surface area contributed by atoms with Gasteiger partial charge in [-0.15, -0.1) is 0 Å². The standard InChI is InChI=1S/C14H10N2O4/c17-12-2-1-8(14(18)15-12)13-9-5-7-3-4-19-10(7)6-11(9)20-16-13/h3-6,8H,1-2H2,(H,15,17,18)/t8-/m0/s1. The maximum absolute atomic E-state index is 11.9. The third-order valence-corrected chi connectivity index (χ3v) is 3.64. The van der Waals surface area contributed by atoms with Gasteiger partial charge in [-0.2, -0.15) is 0 Å². The van der Waals surface area contributed by atoms with E-state index in [-0.39, 0.29) is 11.8 Å². The Balaban J connectivity index is 1.86. The number of hydrogen-bond acceptors (Lipinski definition) is 5. The Bertz CT molecular complexity index is 845. The number of amides is 2. The Morgan fingerprint density at radius 1 is 1.25 bits per heavy atom. The van der Waals surface area contributed by atoms with Gasteiger partial charge >= 0.3 is 0 Å². The van der Waals surface area contributed by atoms with Crippen LogP contribution in [0.25, 0.3) is 21.9 Å². The van der Waals surface area contributed by atoms with E-state index in [4.69, 9.17) is 8.94 Å². The highest BCUT2D eigenvalue weighted by molar-refractivity contribution is 6.03. The lowest BCUT2D eigenvalue weighted by Crippen LogP contribution is -2.39. The first-order chi connectivity index (χ1) is 9.72. The number of furan rings is 1. The molecule has 0 aliphatic carbocycles. The Hall–Kier alpha value is -2.63. The van der Waals surface area contributed by atoms with E-state index in [1.54, 1.807) is 12.3 Å². The maximum Gasteiger partial charge on any atom is 0.235 e. The van der Waals surface area contributed by atoms with Gasteiger partial charge in [0, 0.05) is 23.3 Å². The highest BCUT2D eigenvalue weighted by Gasteiger charge is 2.31. The number of benzene rings is 1. The molecule has 1 fully saturated rings. The molecule has 1 aliphatic heterocycles. The molecule has 2 aromatic heterocycles. The number of piperidine rings is 1. The molecule has 0 unspecified atom stereocenters. The molecule has 1 atom stereocenters. The summed E-state index contributed by atoms with van der Waals surface area (Å²) in [7, 11) is 0. The van der Waals surface area contributed by atoms with Crippen molar-refractivity contribution < 1.29 is 18.5 Å². The smallest absolute Gasteiger partial charge is 0.235 e. The molecule has 6 heteroatoms. The van der Waals surface area contributed by atoms with E-state index in [1.807, 2.05) is 12.1 Å². The van der Waals surface area contributed by atoms with Gasteiger partial charge in [0.05, 0.1) is 12.2 Å². The van der Waals surface area contributed by atoms with Crippen LogP contribution < -0.4 is 5.32 Å². The number of hydrogen-bond donors (Lipinski definition) is 1. The van der Waals surface area contributed by atoms with Crippen LogP contribution >= 0.6 is 0 Å². The quantitative estimate of drug-likeness (QED) is 0.684. The lowest BCUT2D eigenvalue weighted by atomic mass is 9.92. The van der Waals surface area contributed by atoms with Gasteiger partial charge in [-0.1, -0.05) is 5.16 Å². The normalized spacial score (nSPS) is 19.7. The predicted octanol–water partition coefficient (Wildman–Crippen LogP) is 2.09. The first kappa shape index (κ1) is 11.2. The highest BCUT2D eigenvalue weighted by Crippen LogP contribution is 2.32. The van der Waals surface area contributed by atoms with Crippen molar-refractivity contribution in [2.75, 3.05) is 0 Å². The summed E-state index contributed by atoms with van der Waals surface area (Å²) >= 11 is 0. The van der Waals surface area contributed by atoms with E-state index < -0.39 is 5.92 Å². The summed E-state index contributed by atoms with van der Waals surface area (Å²) in [6.45, 7) is 0. The molecule has 1 N–H and O–H groups in total. The van der Waals surface area contributed by atoms with Gasteiger partial charge in [0.1, 0.15) is 11.3 Å². The molecule has 1 saturated heterocycles. The van der Waals surface area contributed by atoms with Crippen LogP contribution in [0.3, 0.4) is 0 Å². The van der Waals surface area contributed by atoms with Crippen LogP contribution in [0.2, 0.25) is 0 Å². The second kappa shape index (κ2) is 3.93. The van der Waals surface area contributed by atoms with Crippen LogP contribution in [0, 0.1) is 0 Å². The number of nitrogens with one attached hydrogen (secondary N) is 1. The minimum atomic E-state index is -0.446. The number of rotatable bonds is 1. The van der Waals surface area contributed by atoms with Gasteiger partial charge in [-0.3, -0.25) is 14.9 Å². The summed E-state index contributed by atoms with van der Waals surface area (Å²) in [5.41, 5.74) is 1.86. The molecule has 3 heterocycles. The largest absolute Gasteiger partial charge is 0.464 e. The van der Waals surface area contributed by atoms with Crippen molar-refractivity contribution in [1.29, 1.82) is 0 Å². The number of fused-ring (bicyclic) bond motifs is 2. The van der Waals surface area contributed by atoms with E-state index in [0.717, 1.165) is 10.8 Å². The Morgan fingerprint density at radius 3 is 3.00 bits per heavy atom. The fourth-order valence-electron chi connectivity index (χ4n) is 2.62. The average molecular weight is 270 g/mol. The molecule has 0 spiro atoms. The second-order valence-electron chi connectivity index (χ2n) is 4.88. The zero-order valence-electron chi connectivity index (χ0n) is 10.4. The second-order valence-corrected chi connectivity index (χ2v) is 4.88. The van der Waals surface area contributed by atoms with Crippen molar-refractivity contribution in [3.05, 3.63) is 30.2 Å².